The van der Waals surface area contributed by atoms with Gasteiger partial charge in [-0.3, -0.25) is 4.99 Å². The van der Waals surface area contributed by atoms with E-state index in [-0.39, 0.29) is 29.8 Å². The Labute approximate surface area is 165 Å². The largest absolute Gasteiger partial charge is 0.444 e. The van der Waals surface area contributed by atoms with E-state index in [4.69, 9.17) is 10.2 Å². The molecular weight excluding hydrogens is 434 g/mol. The first-order chi connectivity index (χ1) is 11.7. The highest BCUT2D eigenvalue weighted by Gasteiger charge is 2.06. The number of aliphatic imine (C=N–C) groups is 1. The summed E-state index contributed by atoms with van der Waals surface area (Å²) in [6.07, 6.45) is 7.01. The number of unbranched alkanes of at least 4 members (excludes halogenated alkanes) is 3. The molecule has 0 radical (unpaired) electrons. The van der Waals surface area contributed by atoms with Gasteiger partial charge in [0.05, 0.1) is 5.69 Å². The number of guanidine groups is 1. The van der Waals surface area contributed by atoms with Crippen molar-refractivity contribution in [2.24, 2.45) is 10.7 Å². The van der Waals surface area contributed by atoms with E-state index in [1.807, 2.05) is 0 Å². The van der Waals surface area contributed by atoms with Crippen LogP contribution in [0, 0.1) is 5.82 Å². The number of nitrogens with zero attached hydrogens (tertiary/aromatic N) is 2. The fraction of sp³-hybridized carbons (Fsp3) is 0.444. The van der Waals surface area contributed by atoms with Gasteiger partial charge < -0.3 is 15.5 Å². The maximum Gasteiger partial charge on any atom is 0.226 e. The first-order valence-corrected chi connectivity index (χ1v) is 8.43. The number of halogens is 2. The molecule has 0 amide bonds. The summed E-state index contributed by atoms with van der Waals surface area (Å²) in [6.45, 7) is 3.59. The molecule has 0 saturated heterocycles. The molecule has 5 nitrogen and oxygen atoms in total. The van der Waals surface area contributed by atoms with Crippen molar-refractivity contribution in [3.05, 3.63) is 42.0 Å². The summed E-state index contributed by atoms with van der Waals surface area (Å²) in [5.41, 5.74) is 7.39. The average Bonchev–Trinajstić information content (AvgIpc) is 3.04. The first-order valence-electron chi connectivity index (χ1n) is 8.43. The molecule has 0 unspecified atom stereocenters. The van der Waals surface area contributed by atoms with Crippen molar-refractivity contribution >= 4 is 29.9 Å². The van der Waals surface area contributed by atoms with Crippen LogP contribution in [-0.2, 0) is 6.42 Å². The Hall–Kier alpha value is -1.64. The molecule has 0 saturated carbocycles. The maximum atomic E-state index is 12.9. The van der Waals surface area contributed by atoms with Crippen LogP contribution < -0.4 is 11.1 Å². The molecule has 7 heteroatoms. The Balaban J connectivity index is 0.00000312. The van der Waals surface area contributed by atoms with Gasteiger partial charge in [-0.05, 0) is 30.7 Å². The third-order valence-corrected chi connectivity index (χ3v) is 3.62. The Morgan fingerprint density at radius 3 is 2.72 bits per heavy atom. The molecule has 0 atom stereocenters. The molecule has 0 bridgehead atoms. The monoisotopic (exact) mass is 460 g/mol. The van der Waals surface area contributed by atoms with E-state index in [1.54, 1.807) is 18.4 Å². The van der Waals surface area contributed by atoms with Crippen molar-refractivity contribution in [3.8, 4) is 11.5 Å². The molecule has 1 aromatic heterocycles. The molecule has 0 aliphatic carbocycles. The lowest BCUT2D eigenvalue weighted by Gasteiger charge is -2.04. The lowest BCUT2D eigenvalue weighted by Crippen LogP contribution is -2.33. The molecule has 0 aliphatic rings. The van der Waals surface area contributed by atoms with Crippen LogP contribution >= 0.6 is 24.0 Å². The van der Waals surface area contributed by atoms with Gasteiger partial charge in [0, 0.05) is 25.1 Å². The number of nitrogens with two attached hydrogens (primary N) is 1. The van der Waals surface area contributed by atoms with E-state index in [1.165, 1.54) is 31.4 Å². The predicted octanol–water partition coefficient (Wildman–Crippen LogP) is 4.13. The van der Waals surface area contributed by atoms with E-state index in [0.717, 1.165) is 24.2 Å². The second-order valence-electron chi connectivity index (χ2n) is 5.66. The third kappa shape index (κ3) is 7.85. The minimum Gasteiger partial charge on any atom is -0.444 e. The molecule has 0 aliphatic heterocycles. The normalized spacial score (nSPS) is 11.2. The SMILES string of the molecule is CCCCCCN=C(N)NCCc1coc(-c2ccc(F)cc2)n1.I. The Morgan fingerprint density at radius 2 is 2.00 bits per heavy atom. The van der Waals surface area contributed by atoms with Crippen LogP contribution in [0.3, 0.4) is 0 Å². The molecular formula is C18H26FIN4O. The third-order valence-electron chi connectivity index (χ3n) is 3.62. The van der Waals surface area contributed by atoms with E-state index >= 15 is 0 Å². The van der Waals surface area contributed by atoms with Crippen LogP contribution in [0.4, 0.5) is 4.39 Å². The minimum absolute atomic E-state index is 0. The molecule has 0 fully saturated rings. The number of aromatic nitrogens is 1. The minimum atomic E-state index is -0.279. The second kappa shape index (κ2) is 11.8. The van der Waals surface area contributed by atoms with Crippen LogP contribution in [0.5, 0.6) is 0 Å². The molecule has 138 valence electrons. The summed E-state index contributed by atoms with van der Waals surface area (Å²) < 4.78 is 18.3. The van der Waals surface area contributed by atoms with Gasteiger partial charge in [-0.25, -0.2) is 9.37 Å². The van der Waals surface area contributed by atoms with Crippen LogP contribution in [0.2, 0.25) is 0 Å². The van der Waals surface area contributed by atoms with Crippen molar-refractivity contribution in [2.45, 2.75) is 39.0 Å². The van der Waals surface area contributed by atoms with Crippen molar-refractivity contribution in [2.75, 3.05) is 13.1 Å². The lowest BCUT2D eigenvalue weighted by molar-refractivity contribution is 0.571. The second-order valence-corrected chi connectivity index (χ2v) is 5.66. The molecule has 3 N–H and O–H groups in total. The standard InChI is InChI=1S/C18H25FN4O.HI/c1-2-3-4-5-11-21-18(20)22-12-10-16-13-24-17(23-16)14-6-8-15(19)9-7-14;/h6-9,13H,2-5,10-12H2,1H3,(H3,20,21,22);1H. The molecule has 25 heavy (non-hydrogen) atoms. The van der Waals surface area contributed by atoms with Gasteiger partial charge >= 0.3 is 0 Å². The van der Waals surface area contributed by atoms with Crippen LogP contribution in [-0.4, -0.2) is 24.0 Å². The van der Waals surface area contributed by atoms with Crippen molar-refractivity contribution in [3.63, 3.8) is 0 Å². The summed E-state index contributed by atoms with van der Waals surface area (Å²) in [5, 5.41) is 3.08. The van der Waals surface area contributed by atoms with E-state index in [9.17, 15) is 4.39 Å². The maximum absolute atomic E-state index is 12.9. The van der Waals surface area contributed by atoms with Gasteiger partial charge in [0.2, 0.25) is 5.89 Å². The van der Waals surface area contributed by atoms with Gasteiger partial charge in [0.25, 0.3) is 0 Å². The molecule has 0 spiro atoms. The number of benzene rings is 1. The fourth-order valence-electron chi connectivity index (χ4n) is 2.26. The van der Waals surface area contributed by atoms with Gasteiger partial charge in [0.1, 0.15) is 12.1 Å². The summed E-state index contributed by atoms with van der Waals surface area (Å²) in [5.74, 6) is 0.676. The first kappa shape index (κ1) is 21.4. The van der Waals surface area contributed by atoms with Crippen LogP contribution in [0.1, 0.15) is 38.3 Å². The molecule has 1 heterocycles. The smallest absolute Gasteiger partial charge is 0.226 e. The van der Waals surface area contributed by atoms with Crippen molar-refractivity contribution in [1.29, 1.82) is 0 Å². The number of hydrogen-bond donors (Lipinski definition) is 2. The van der Waals surface area contributed by atoms with E-state index < -0.39 is 0 Å². The quantitative estimate of drug-likeness (QED) is 0.256. The highest BCUT2D eigenvalue weighted by atomic mass is 127. The predicted molar refractivity (Wildman–Crippen MR) is 110 cm³/mol. The van der Waals surface area contributed by atoms with E-state index in [2.05, 4.69) is 22.2 Å². The zero-order valence-corrected chi connectivity index (χ0v) is 16.8. The van der Waals surface area contributed by atoms with Crippen LogP contribution in [0.25, 0.3) is 11.5 Å². The Bertz CT molecular complexity index is 643. The zero-order valence-electron chi connectivity index (χ0n) is 14.5. The van der Waals surface area contributed by atoms with Crippen LogP contribution in [0.15, 0.2) is 39.9 Å². The number of hydrogen-bond acceptors (Lipinski definition) is 3. The van der Waals surface area contributed by atoms with Crippen molar-refractivity contribution in [1.82, 2.24) is 10.3 Å². The van der Waals surface area contributed by atoms with Gasteiger partial charge in [0.15, 0.2) is 5.96 Å². The number of nitrogens with one attached hydrogen (secondary N) is 1. The zero-order chi connectivity index (χ0) is 17.2. The van der Waals surface area contributed by atoms with Crippen molar-refractivity contribution < 1.29 is 8.81 Å². The number of oxazole rings is 1. The van der Waals surface area contributed by atoms with E-state index in [0.29, 0.717) is 24.8 Å². The highest BCUT2D eigenvalue weighted by Crippen LogP contribution is 2.18. The van der Waals surface area contributed by atoms with Gasteiger partial charge in [-0.2, -0.15) is 0 Å². The lowest BCUT2D eigenvalue weighted by atomic mass is 10.2. The molecule has 1 aromatic carbocycles. The topological polar surface area (TPSA) is 76.4 Å². The average molecular weight is 460 g/mol. The summed E-state index contributed by atoms with van der Waals surface area (Å²) in [6, 6.07) is 6.07. The Morgan fingerprint density at radius 1 is 1.24 bits per heavy atom. The molecule has 2 rings (SSSR count). The fourth-order valence-corrected chi connectivity index (χ4v) is 2.26. The number of rotatable bonds is 9. The summed E-state index contributed by atoms with van der Waals surface area (Å²) in [4.78, 5) is 8.69. The Kier molecular flexibility index (Phi) is 10.1. The van der Waals surface area contributed by atoms with Gasteiger partial charge in [-0.1, -0.05) is 26.2 Å². The summed E-state index contributed by atoms with van der Waals surface area (Å²) >= 11 is 0. The highest BCUT2D eigenvalue weighted by molar-refractivity contribution is 14.0. The van der Waals surface area contributed by atoms with Gasteiger partial charge in [-0.15, -0.1) is 24.0 Å². The summed E-state index contributed by atoms with van der Waals surface area (Å²) in [7, 11) is 0. The molecule has 2 aromatic rings.